The zero-order valence-corrected chi connectivity index (χ0v) is 23.1. The van der Waals surface area contributed by atoms with Crippen molar-refractivity contribution in [2.24, 2.45) is 0 Å². The first kappa shape index (κ1) is 27.9. The average molecular weight is 558 g/mol. The van der Waals surface area contributed by atoms with Crippen molar-refractivity contribution in [3.8, 4) is 5.75 Å². The van der Waals surface area contributed by atoms with Gasteiger partial charge in [0.1, 0.15) is 11.5 Å². The van der Waals surface area contributed by atoms with Gasteiger partial charge in [0.2, 0.25) is 0 Å². The Morgan fingerprint density at radius 3 is 2.25 bits per heavy atom. The topological polar surface area (TPSA) is 70.1 Å². The summed E-state index contributed by atoms with van der Waals surface area (Å²) < 4.78 is 6.27. The number of unbranched alkanes of at least 4 members (excludes halogenated alkanes) is 2. The molecule has 0 spiro atoms. The van der Waals surface area contributed by atoms with Crippen LogP contribution in [0, 0.1) is 0 Å². The summed E-state index contributed by atoms with van der Waals surface area (Å²) in [5.74, 6) is -0.761. The van der Waals surface area contributed by atoms with E-state index in [4.69, 9.17) is 4.74 Å². The van der Waals surface area contributed by atoms with E-state index in [1.807, 2.05) is 24.3 Å². The number of carbonyl (C=O) groups is 2. The first-order chi connectivity index (χ1) is 17.4. The summed E-state index contributed by atoms with van der Waals surface area (Å²) in [4.78, 5) is 30.6. The smallest absolute Gasteiger partial charge is 0.295 e. The number of Topliss-reactive ketones (excluding diaryl/α,β-unsaturated/α-hetero) is 1. The SMILES string of the molecule is CCCCN(CCCC)CCCN1C(=O)C(=O)/C(=C(\O)c2ccc(Br)cc2)C1c1cccc(OC)c1. The zero-order valence-electron chi connectivity index (χ0n) is 21.5. The van der Waals surface area contributed by atoms with Gasteiger partial charge in [-0.1, -0.05) is 66.9 Å². The monoisotopic (exact) mass is 556 g/mol. The predicted octanol–water partition coefficient (Wildman–Crippen LogP) is 6.17. The summed E-state index contributed by atoms with van der Waals surface area (Å²) in [5.41, 5.74) is 1.35. The second-order valence-electron chi connectivity index (χ2n) is 9.18. The van der Waals surface area contributed by atoms with Crippen LogP contribution in [-0.2, 0) is 9.59 Å². The Morgan fingerprint density at radius 2 is 1.64 bits per heavy atom. The van der Waals surface area contributed by atoms with Gasteiger partial charge in [0, 0.05) is 16.6 Å². The van der Waals surface area contributed by atoms with E-state index in [9.17, 15) is 14.7 Å². The van der Waals surface area contributed by atoms with Crippen molar-refractivity contribution < 1.29 is 19.4 Å². The lowest BCUT2D eigenvalue weighted by molar-refractivity contribution is -0.140. The molecule has 1 aliphatic rings. The number of ketones is 1. The number of carbonyl (C=O) groups excluding carboxylic acids is 2. The van der Waals surface area contributed by atoms with Crippen molar-refractivity contribution in [3.05, 3.63) is 69.7 Å². The maximum absolute atomic E-state index is 13.3. The standard InChI is InChI=1S/C29H37BrN2O4/c1-4-6-16-31(17-7-5-2)18-9-19-32-26(22-10-8-11-24(20-22)36-3)25(28(34)29(32)35)27(33)21-12-14-23(30)15-13-21/h8,10-15,20,26,33H,4-7,9,16-19H2,1-3H3/b27-25-. The summed E-state index contributed by atoms with van der Waals surface area (Å²) in [6.45, 7) is 7.75. The fraction of sp³-hybridized carbons (Fsp3) is 0.448. The summed E-state index contributed by atoms with van der Waals surface area (Å²) in [7, 11) is 1.58. The molecule has 1 unspecified atom stereocenters. The number of rotatable bonds is 13. The summed E-state index contributed by atoms with van der Waals surface area (Å²) in [6, 6.07) is 13.7. The fourth-order valence-electron chi connectivity index (χ4n) is 4.60. The van der Waals surface area contributed by atoms with Crippen LogP contribution < -0.4 is 4.74 Å². The van der Waals surface area contributed by atoms with Crippen LogP contribution in [0.4, 0.5) is 0 Å². The molecule has 1 aliphatic heterocycles. The summed E-state index contributed by atoms with van der Waals surface area (Å²) in [6.07, 6.45) is 5.32. The van der Waals surface area contributed by atoms with E-state index in [-0.39, 0.29) is 11.3 Å². The second kappa shape index (κ2) is 13.6. The molecule has 0 aromatic heterocycles. The lowest BCUT2D eigenvalue weighted by Crippen LogP contribution is -2.34. The lowest BCUT2D eigenvalue weighted by atomic mass is 9.95. The van der Waals surface area contributed by atoms with Crippen LogP contribution in [-0.4, -0.2) is 59.9 Å². The molecule has 6 nitrogen and oxygen atoms in total. The molecule has 1 heterocycles. The van der Waals surface area contributed by atoms with Crippen LogP contribution in [0.3, 0.4) is 0 Å². The van der Waals surface area contributed by atoms with E-state index >= 15 is 0 Å². The fourth-order valence-corrected chi connectivity index (χ4v) is 4.86. The molecule has 1 saturated heterocycles. The van der Waals surface area contributed by atoms with E-state index in [2.05, 4.69) is 34.7 Å². The third-order valence-electron chi connectivity index (χ3n) is 6.60. The van der Waals surface area contributed by atoms with Gasteiger partial charge in [0.25, 0.3) is 11.7 Å². The van der Waals surface area contributed by atoms with Crippen molar-refractivity contribution >= 4 is 33.4 Å². The Morgan fingerprint density at radius 1 is 1.00 bits per heavy atom. The molecular weight excluding hydrogens is 520 g/mol. The molecule has 1 N–H and O–H groups in total. The number of ether oxygens (including phenoxy) is 1. The molecule has 2 aromatic rings. The predicted molar refractivity (Wildman–Crippen MR) is 147 cm³/mol. The third-order valence-corrected chi connectivity index (χ3v) is 7.12. The second-order valence-corrected chi connectivity index (χ2v) is 10.1. The quantitative estimate of drug-likeness (QED) is 0.181. The number of aliphatic hydroxyl groups is 1. The Kier molecular flexibility index (Phi) is 10.6. The van der Waals surface area contributed by atoms with Crippen molar-refractivity contribution in [3.63, 3.8) is 0 Å². The first-order valence-corrected chi connectivity index (χ1v) is 13.6. The zero-order chi connectivity index (χ0) is 26.1. The molecule has 0 bridgehead atoms. The van der Waals surface area contributed by atoms with Gasteiger partial charge in [-0.25, -0.2) is 0 Å². The van der Waals surface area contributed by atoms with Gasteiger partial charge >= 0.3 is 0 Å². The molecule has 1 amide bonds. The minimum absolute atomic E-state index is 0.115. The molecule has 0 saturated carbocycles. The third kappa shape index (κ3) is 6.77. The lowest BCUT2D eigenvalue weighted by Gasteiger charge is -2.27. The van der Waals surface area contributed by atoms with Crippen LogP contribution in [0.25, 0.3) is 5.76 Å². The van der Waals surface area contributed by atoms with Gasteiger partial charge in [-0.15, -0.1) is 0 Å². The molecule has 1 atom stereocenters. The average Bonchev–Trinajstić information content (AvgIpc) is 3.15. The Labute approximate surface area is 223 Å². The molecule has 194 valence electrons. The first-order valence-electron chi connectivity index (χ1n) is 12.8. The van der Waals surface area contributed by atoms with Crippen molar-refractivity contribution in [2.45, 2.75) is 52.0 Å². The van der Waals surface area contributed by atoms with Crippen molar-refractivity contribution in [1.29, 1.82) is 0 Å². The number of aliphatic hydroxyl groups excluding tert-OH is 1. The van der Waals surface area contributed by atoms with Gasteiger partial charge in [-0.05, 0) is 68.7 Å². The highest BCUT2D eigenvalue weighted by atomic mass is 79.9. The number of benzene rings is 2. The number of methoxy groups -OCH3 is 1. The van der Waals surface area contributed by atoms with E-state index in [0.717, 1.165) is 61.8 Å². The van der Waals surface area contributed by atoms with Gasteiger partial charge in [-0.2, -0.15) is 0 Å². The van der Waals surface area contributed by atoms with E-state index in [1.165, 1.54) is 0 Å². The molecule has 1 fully saturated rings. The van der Waals surface area contributed by atoms with Crippen molar-refractivity contribution in [1.82, 2.24) is 9.80 Å². The number of amides is 1. The Hall–Kier alpha value is -2.64. The maximum Gasteiger partial charge on any atom is 0.295 e. The Balaban J connectivity index is 1.93. The molecule has 0 radical (unpaired) electrons. The Bertz CT molecular complexity index is 1060. The molecule has 3 rings (SSSR count). The number of nitrogens with zero attached hydrogens (tertiary/aromatic N) is 2. The van der Waals surface area contributed by atoms with Crippen LogP contribution in [0.1, 0.15) is 63.1 Å². The van der Waals surface area contributed by atoms with Gasteiger partial charge in [-0.3, -0.25) is 9.59 Å². The highest BCUT2D eigenvalue weighted by molar-refractivity contribution is 9.10. The van der Waals surface area contributed by atoms with E-state index in [0.29, 0.717) is 17.9 Å². The van der Waals surface area contributed by atoms with Gasteiger partial charge in [0.05, 0.1) is 18.7 Å². The normalized spacial score (nSPS) is 17.2. The number of hydrogen-bond acceptors (Lipinski definition) is 5. The number of halogens is 1. The molecule has 7 heteroatoms. The van der Waals surface area contributed by atoms with Crippen molar-refractivity contribution in [2.75, 3.05) is 33.3 Å². The largest absolute Gasteiger partial charge is 0.507 e. The molecule has 0 aliphatic carbocycles. The minimum Gasteiger partial charge on any atom is -0.507 e. The van der Waals surface area contributed by atoms with Crippen LogP contribution in [0.15, 0.2) is 58.6 Å². The van der Waals surface area contributed by atoms with Crippen LogP contribution in [0.5, 0.6) is 5.75 Å². The van der Waals surface area contributed by atoms with Gasteiger partial charge in [0.15, 0.2) is 0 Å². The summed E-state index contributed by atoms with van der Waals surface area (Å²) >= 11 is 3.40. The van der Waals surface area contributed by atoms with E-state index < -0.39 is 17.7 Å². The minimum atomic E-state index is -0.677. The number of hydrogen-bond donors (Lipinski definition) is 1. The molecule has 2 aromatic carbocycles. The maximum atomic E-state index is 13.3. The molecular formula is C29H37BrN2O4. The van der Waals surface area contributed by atoms with Crippen LogP contribution in [0.2, 0.25) is 0 Å². The highest BCUT2D eigenvalue weighted by Gasteiger charge is 2.45. The summed E-state index contributed by atoms with van der Waals surface area (Å²) in [5, 5.41) is 11.2. The van der Waals surface area contributed by atoms with Gasteiger partial charge < -0.3 is 19.6 Å². The highest BCUT2D eigenvalue weighted by Crippen LogP contribution is 2.40. The number of likely N-dealkylation sites (tertiary alicyclic amines) is 1. The van der Waals surface area contributed by atoms with E-state index in [1.54, 1.807) is 36.3 Å². The molecule has 36 heavy (non-hydrogen) atoms. The van der Waals surface area contributed by atoms with Crippen LogP contribution >= 0.6 is 15.9 Å².